The fraction of sp³-hybridized carbons (Fsp3) is 0.458. The van der Waals surface area contributed by atoms with Crippen LogP contribution in [0.2, 0.25) is 10.3 Å². The van der Waals surface area contributed by atoms with E-state index in [9.17, 15) is 18.0 Å². The van der Waals surface area contributed by atoms with Crippen molar-refractivity contribution in [2.45, 2.75) is 38.3 Å². The summed E-state index contributed by atoms with van der Waals surface area (Å²) in [5.41, 5.74) is 4.43. The molecule has 0 unspecified atom stereocenters. The highest BCUT2D eigenvalue weighted by molar-refractivity contribution is 6.40. The van der Waals surface area contributed by atoms with Gasteiger partial charge in [-0.3, -0.25) is 9.69 Å². The van der Waals surface area contributed by atoms with Crippen LogP contribution in [0, 0.1) is 0 Å². The molecule has 1 saturated heterocycles. The molecule has 0 radical (unpaired) electrons. The van der Waals surface area contributed by atoms with Gasteiger partial charge in [0.05, 0.1) is 13.2 Å². The average molecular weight is 563 g/mol. The van der Waals surface area contributed by atoms with Crippen LogP contribution in [0.3, 0.4) is 0 Å². The molecule has 2 heterocycles. The zero-order valence-corrected chi connectivity index (χ0v) is 21.3. The van der Waals surface area contributed by atoms with Gasteiger partial charge in [-0.25, -0.2) is 9.78 Å². The van der Waals surface area contributed by atoms with Gasteiger partial charge < -0.3 is 20.1 Å². The Balaban J connectivity index is 0.000000479. The number of rotatable bonds is 6. The third-order valence-electron chi connectivity index (χ3n) is 5.87. The number of halogens is 5. The number of ether oxygens (including phenoxy) is 1. The molecule has 2 aliphatic rings. The maximum atomic E-state index is 12.7. The SMILES string of the molecule is O=C(Nc1ccc(CCN2CCOCC2)cc1C1=CCCCC1)c1nc(Cl)c(Cl)[nH]1.O=C(O)C(F)(F)F. The van der Waals surface area contributed by atoms with Gasteiger partial charge in [0.25, 0.3) is 5.91 Å². The second-order valence-corrected chi connectivity index (χ2v) is 9.24. The van der Waals surface area contributed by atoms with Crippen LogP contribution in [0.5, 0.6) is 0 Å². The minimum Gasteiger partial charge on any atom is -0.475 e. The molecule has 0 spiro atoms. The summed E-state index contributed by atoms with van der Waals surface area (Å²) in [6.07, 6.45) is 2.66. The summed E-state index contributed by atoms with van der Waals surface area (Å²) in [6.45, 7) is 4.60. The van der Waals surface area contributed by atoms with Gasteiger partial charge in [0.1, 0.15) is 5.15 Å². The maximum Gasteiger partial charge on any atom is 0.490 e. The van der Waals surface area contributed by atoms with E-state index >= 15 is 0 Å². The molecule has 1 aromatic carbocycles. The quantitative estimate of drug-likeness (QED) is 0.433. The van der Waals surface area contributed by atoms with Crippen LogP contribution in [-0.2, 0) is 16.0 Å². The molecule has 0 saturated carbocycles. The number of hydrogen-bond donors (Lipinski definition) is 3. The van der Waals surface area contributed by atoms with Gasteiger partial charge >= 0.3 is 12.1 Å². The zero-order valence-electron chi connectivity index (χ0n) is 19.8. The standard InChI is InChI=1S/C22H26Cl2N4O2.C2HF3O2/c23-19-20(24)27-21(26-19)22(29)25-18-7-6-15(8-9-28-10-12-30-13-11-28)14-17(18)16-4-2-1-3-5-16;3-2(4,5)1(6)7/h4,6-7,14H,1-3,5,8-13H2,(H,25,29)(H,26,27);(H,6,7). The van der Waals surface area contributed by atoms with Gasteiger partial charge in [0.2, 0.25) is 0 Å². The number of hydrogen-bond acceptors (Lipinski definition) is 5. The summed E-state index contributed by atoms with van der Waals surface area (Å²) in [6, 6.07) is 6.30. The number of nitrogens with zero attached hydrogens (tertiary/aromatic N) is 2. The van der Waals surface area contributed by atoms with E-state index in [1.54, 1.807) is 0 Å². The van der Waals surface area contributed by atoms with Crippen molar-refractivity contribution in [1.82, 2.24) is 14.9 Å². The normalized spacial score (nSPS) is 16.4. The first-order valence-electron chi connectivity index (χ1n) is 11.7. The Morgan fingerprint density at radius 3 is 2.46 bits per heavy atom. The number of carbonyl (C=O) groups is 2. The van der Waals surface area contributed by atoms with Gasteiger partial charge in [-0.2, -0.15) is 13.2 Å². The highest BCUT2D eigenvalue weighted by Gasteiger charge is 2.38. The lowest BCUT2D eigenvalue weighted by Crippen LogP contribution is -2.37. The molecule has 1 fully saturated rings. The van der Waals surface area contributed by atoms with Gasteiger partial charge in [0.15, 0.2) is 11.0 Å². The minimum atomic E-state index is -5.08. The topological polar surface area (TPSA) is 108 Å². The van der Waals surface area contributed by atoms with E-state index in [2.05, 4.69) is 38.4 Å². The summed E-state index contributed by atoms with van der Waals surface area (Å²) in [4.78, 5) is 30.7. The van der Waals surface area contributed by atoms with Crippen LogP contribution in [0.1, 0.15) is 47.4 Å². The van der Waals surface area contributed by atoms with E-state index in [1.165, 1.54) is 24.0 Å². The van der Waals surface area contributed by atoms with Crippen molar-refractivity contribution >= 4 is 46.3 Å². The number of alkyl halides is 3. The van der Waals surface area contributed by atoms with Crippen LogP contribution in [0.15, 0.2) is 24.3 Å². The third-order valence-corrected chi connectivity index (χ3v) is 6.51. The highest BCUT2D eigenvalue weighted by Crippen LogP contribution is 2.33. The van der Waals surface area contributed by atoms with Crippen LogP contribution in [0.25, 0.3) is 5.57 Å². The Hall–Kier alpha value is -2.60. The summed E-state index contributed by atoms with van der Waals surface area (Å²) < 4.78 is 37.2. The number of allylic oxidation sites excluding steroid dienone is 2. The van der Waals surface area contributed by atoms with E-state index in [1.807, 2.05) is 6.07 Å². The van der Waals surface area contributed by atoms with Crippen molar-refractivity contribution in [3.8, 4) is 0 Å². The van der Waals surface area contributed by atoms with Crippen molar-refractivity contribution in [1.29, 1.82) is 0 Å². The fourth-order valence-electron chi connectivity index (χ4n) is 3.94. The summed E-state index contributed by atoms with van der Waals surface area (Å²) in [7, 11) is 0. The lowest BCUT2D eigenvalue weighted by Gasteiger charge is -2.26. The molecule has 202 valence electrons. The molecule has 2 aromatic rings. The number of carboxylic acid groups (broad SMARTS) is 1. The smallest absolute Gasteiger partial charge is 0.475 e. The number of carboxylic acids is 1. The Morgan fingerprint density at radius 1 is 1.19 bits per heavy atom. The third kappa shape index (κ3) is 8.74. The molecule has 0 atom stereocenters. The molecule has 13 heteroatoms. The van der Waals surface area contributed by atoms with Crippen LogP contribution in [0.4, 0.5) is 18.9 Å². The van der Waals surface area contributed by atoms with E-state index in [0.717, 1.165) is 63.4 Å². The fourth-order valence-corrected chi connectivity index (χ4v) is 4.20. The minimum absolute atomic E-state index is 0.0930. The average Bonchev–Trinajstić information content (AvgIpc) is 3.22. The summed E-state index contributed by atoms with van der Waals surface area (Å²) >= 11 is 11.8. The maximum absolute atomic E-state index is 12.7. The van der Waals surface area contributed by atoms with Gasteiger partial charge in [-0.05, 0) is 55.4 Å². The predicted molar refractivity (Wildman–Crippen MR) is 134 cm³/mol. The zero-order chi connectivity index (χ0) is 27.0. The number of H-pyrrole nitrogens is 1. The molecule has 1 amide bonds. The second kappa shape index (κ2) is 13.3. The molecule has 37 heavy (non-hydrogen) atoms. The van der Waals surface area contributed by atoms with Gasteiger partial charge in [-0.15, -0.1) is 0 Å². The number of benzene rings is 1. The molecule has 1 aliphatic heterocycles. The molecule has 1 aliphatic carbocycles. The van der Waals surface area contributed by atoms with Crippen molar-refractivity contribution in [2.24, 2.45) is 0 Å². The lowest BCUT2D eigenvalue weighted by atomic mass is 9.91. The molecular formula is C24H27Cl2F3N4O4. The first-order chi connectivity index (χ1) is 17.5. The predicted octanol–water partition coefficient (Wildman–Crippen LogP) is 5.43. The van der Waals surface area contributed by atoms with Gasteiger partial charge in [-0.1, -0.05) is 35.3 Å². The Bertz CT molecular complexity index is 1110. The van der Waals surface area contributed by atoms with Crippen molar-refractivity contribution in [3.63, 3.8) is 0 Å². The number of amides is 1. The Kier molecular flexibility index (Phi) is 10.4. The molecule has 8 nitrogen and oxygen atoms in total. The van der Waals surface area contributed by atoms with Crippen LogP contribution < -0.4 is 5.32 Å². The number of aliphatic carboxylic acids is 1. The van der Waals surface area contributed by atoms with E-state index in [4.69, 9.17) is 37.8 Å². The lowest BCUT2D eigenvalue weighted by molar-refractivity contribution is -0.192. The molecule has 1 aromatic heterocycles. The Labute approximate surface area is 221 Å². The van der Waals surface area contributed by atoms with E-state index in [0.29, 0.717) is 0 Å². The van der Waals surface area contributed by atoms with Crippen molar-refractivity contribution in [3.05, 3.63) is 51.5 Å². The van der Waals surface area contributed by atoms with Gasteiger partial charge in [0, 0.05) is 30.9 Å². The molecule has 0 bridgehead atoms. The molecular weight excluding hydrogens is 536 g/mol. The first-order valence-corrected chi connectivity index (χ1v) is 12.4. The highest BCUT2D eigenvalue weighted by atomic mass is 35.5. The van der Waals surface area contributed by atoms with Crippen LogP contribution in [-0.4, -0.2) is 70.9 Å². The van der Waals surface area contributed by atoms with Crippen molar-refractivity contribution in [2.75, 3.05) is 38.2 Å². The number of morpholine rings is 1. The van der Waals surface area contributed by atoms with E-state index < -0.39 is 12.1 Å². The monoisotopic (exact) mass is 562 g/mol. The Morgan fingerprint density at radius 2 is 1.89 bits per heavy atom. The number of aromatic nitrogens is 2. The summed E-state index contributed by atoms with van der Waals surface area (Å²) in [5.74, 6) is -3.01. The largest absolute Gasteiger partial charge is 0.490 e. The first kappa shape index (κ1) is 29.0. The second-order valence-electron chi connectivity index (χ2n) is 8.51. The molecule has 4 rings (SSSR count). The number of anilines is 1. The number of carbonyl (C=O) groups excluding carboxylic acids is 1. The summed E-state index contributed by atoms with van der Waals surface area (Å²) in [5, 5.41) is 10.4. The van der Waals surface area contributed by atoms with E-state index in [-0.39, 0.29) is 22.0 Å². The number of nitrogens with one attached hydrogen (secondary N) is 2. The number of imidazole rings is 1. The van der Waals surface area contributed by atoms with Crippen LogP contribution >= 0.6 is 23.2 Å². The number of aromatic amines is 1. The molecule has 3 N–H and O–H groups in total. The van der Waals surface area contributed by atoms with Crippen molar-refractivity contribution < 1.29 is 32.6 Å².